The summed E-state index contributed by atoms with van der Waals surface area (Å²) in [5.41, 5.74) is 1.89. The Morgan fingerprint density at radius 3 is 2.62 bits per heavy atom. The van der Waals surface area contributed by atoms with Crippen molar-refractivity contribution in [3.8, 4) is 0 Å². The first kappa shape index (κ1) is 18.3. The molecule has 2 rings (SSSR count). The van der Waals surface area contributed by atoms with Gasteiger partial charge < -0.3 is 9.64 Å². The first-order valence-corrected chi connectivity index (χ1v) is 7.78. The average molecular weight is 343 g/mol. The van der Waals surface area contributed by atoms with Gasteiger partial charge in [0.2, 0.25) is 0 Å². The minimum atomic E-state index is -4.65. The van der Waals surface area contributed by atoms with Crippen molar-refractivity contribution >= 4 is 11.9 Å². The van der Waals surface area contributed by atoms with Crippen LogP contribution in [0.15, 0.2) is 24.3 Å². The molecule has 24 heavy (non-hydrogen) atoms. The van der Waals surface area contributed by atoms with Gasteiger partial charge in [0.15, 0.2) is 6.61 Å². The zero-order chi connectivity index (χ0) is 17.9. The third kappa shape index (κ3) is 4.72. The number of amides is 1. The molecule has 1 aliphatic rings. The van der Waals surface area contributed by atoms with Crippen LogP contribution in [0, 0.1) is 12.8 Å². The van der Waals surface area contributed by atoms with Gasteiger partial charge in [0.25, 0.3) is 0 Å². The van der Waals surface area contributed by atoms with Crippen molar-refractivity contribution < 1.29 is 27.5 Å². The number of hydrogen-bond acceptors (Lipinski definition) is 3. The SMILES string of the molecule is Cc1cccc(C2CCC(C)CN2C(=O)C(=O)OCC(F)(F)F)c1. The topological polar surface area (TPSA) is 46.6 Å². The number of rotatable bonds is 2. The van der Waals surface area contributed by atoms with Crippen molar-refractivity contribution in [2.75, 3.05) is 13.2 Å². The highest BCUT2D eigenvalue weighted by atomic mass is 19.4. The van der Waals surface area contributed by atoms with Crippen LogP contribution in [0.3, 0.4) is 0 Å². The van der Waals surface area contributed by atoms with E-state index >= 15 is 0 Å². The predicted molar refractivity (Wildman–Crippen MR) is 81.0 cm³/mol. The zero-order valence-electron chi connectivity index (χ0n) is 13.6. The summed E-state index contributed by atoms with van der Waals surface area (Å²) in [7, 11) is 0. The van der Waals surface area contributed by atoms with Crippen LogP contribution < -0.4 is 0 Å². The van der Waals surface area contributed by atoms with E-state index < -0.39 is 24.7 Å². The number of esters is 1. The number of piperidine rings is 1. The molecule has 1 aliphatic heterocycles. The Bertz CT molecular complexity index is 615. The second-order valence-corrected chi connectivity index (χ2v) is 6.26. The van der Waals surface area contributed by atoms with E-state index in [4.69, 9.17) is 0 Å². The van der Waals surface area contributed by atoms with Crippen molar-refractivity contribution in [2.24, 2.45) is 5.92 Å². The molecule has 0 saturated carbocycles. The fourth-order valence-electron chi connectivity index (χ4n) is 2.93. The first-order chi connectivity index (χ1) is 11.2. The second-order valence-electron chi connectivity index (χ2n) is 6.26. The van der Waals surface area contributed by atoms with Crippen LogP contribution in [0.4, 0.5) is 13.2 Å². The third-order valence-corrected chi connectivity index (χ3v) is 4.05. The van der Waals surface area contributed by atoms with Gasteiger partial charge in [0.1, 0.15) is 0 Å². The minimum Gasteiger partial charge on any atom is -0.449 e. The average Bonchev–Trinajstić information content (AvgIpc) is 2.51. The number of ether oxygens (including phenoxy) is 1. The Labute approximate surface area is 138 Å². The van der Waals surface area contributed by atoms with Gasteiger partial charge in [-0.05, 0) is 31.2 Å². The quantitative estimate of drug-likeness (QED) is 0.611. The third-order valence-electron chi connectivity index (χ3n) is 4.05. The molecule has 0 aromatic heterocycles. The maximum absolute atomic E-state index is 12.3. The van der Waals surface area contributed by atoms with E-state index in [1.54, 1.807) is 0 Å². The summed E-state index contributed by atoms with van der Waals surface area (Å²) in [6, 6.07) is 7.22. The van der Waals surface area contributed by atoms with Crippen molar-refractivity contribution in [3.63, 3.8) is 0 Å². The van der Waals surface area contributed by atoms with Gasteiger partial charge in [0, 0.05) is 6.54 Å². The van der Waals surface area contributed by atoms with E-state index in [1.165, 1.54) is 4.90 Å². The van der Waals surface area contributed by atoms with E-state index in [-0.39, 0.29) is 12.0 Å². The van der Waals surface area contributed by atoms with Gasteiger partial charge in [-0.1, -0.05) is 36.8 Å². The highest BCUT2D eigenvalue weighted by Gasteiger charge is 2.37. The molecule has 0 bridgehead atoms. The van der Waals surface area contributed by atoms with Crippen LogP contribution in [-0.4, -0.2) is 36.1 Å². The lowest BCUT2D eigenvalue weighted by molar-refractivity contribution is -0.190. The lowest BCUT2D eigenvalue weighted by atomic mass is 9.89. The number of hydrogen-bond donors (Lipinski definition) is 0. The van der Waals surface area contributed by atoms with Gasteiger partial charge in [-0.3, -0.25) is 4.79 Å². The van der Waals surface area contributed by atoms with Gasteiger partial charge in [-0.2, -0.15) is 13.2 Å². The molecule has 2 unspecified atom stereocenters. The van der Waals surface area contributed by atoms with Crippen LogP contribution in [0.1, 0.15) is 36.9 Å². The first-order valence-electron chi connectivity index (χ1n) is 7.78. The van der Waals surface area contributed by atoms with Crippen LogP contribution in [0.5, 0.6) is 0 Å². The van der Waals surface area contributed by atoms with Gasteiger partial charge in [0.05, 0.1) is 6.04 Å². The maximum Gasteiger partial charge on any atom is 0.422 e. The van der Waals surface area contributed by atoms with Gasteiger partial charge in [-0.25, -0.2) is 4.79 Å². The van der Waals surface area contributed by atoms with E-state index in [1.807, 2.05) is 38.1 Å². The molecule has 132 valence electrons. The maximum atomic E-state index is 12.3. The molecule has 0 radical (unpaired) electrons. The van der Waals surface area contributed by atoms with Crippen molar-refractivity contribution in [1.82, 2.24) is 4.90 Å². The fourth-order valence-corrected chi connectivity index (χ4v) is 2.93. The van der Waals surface area contributed by atoms with Crippen LogP contribution in [-0.2, 0) is 14.3 Å². The molecule has 4 nitrogen and oxygen atoms in total. The van der Waals surface area contributed by atoms with E-state index in [0.29, 0.717) is 13.0 Å². The summed E-state index contributed by atoms with van der Waals surface area (Å²) in [6.45, 7) is 2.42. The van der Waals surface area contributed by atoms with Crippen molar-refractivity contribution in [2.45, 2.75) is 38.9 Å². The predicted octanol–water partition coefficient (Wildman–Crippen LogP) is 3.40. The molecule has 1 fully saturated rings. The highest BCUT2D eigenvalue weighted by Crippen LogP contribution is 2.33. The summed E-state index contributed by atoms with van der Waals surface area (Å²) in [5.74, 6) is -2.30. The molecule has 0 N–H and O–H groups in total. The summed E-state index contributed by atoms with van der Waals surface area (Å²) in [4.78, 5) is 25.4. The normalized spacial score (nSPS) is 21.5. The molecule has 1 heterocycles. The van der Waals surface area contributed by atoms with E-state index in [0.717, 1.165) is 17.5 Å². The summed E-state index contributed by atoms with van der Waals surface area (Å²) in [6.07, 6.45) is -3.12. The van der Waals surface area contributed by atoms with E-state index in [2.05, 4.69) is 4.74 Å². The molecule has 1 aromatic rings. The summed E-state index contributed by atoms with van der Waals surface area (Å²) < 4.78 is 40.6. The van der Waals surface area contributed by atoms with Crippen LogP contribution in [0.25, 0.3) is 0 Å². The number of aryl methyl sites for hydroxylation is 1. The Balaban J connectivity index is 2.16. The monoisotopic (exact) mass is 343 g/mol. The number of carbonyl (C=O) groups excluding carboxylic acids is 2. The molecule has 1 aromatic carbocycles. The van der Waals surface area contributed by atoms with E-state index in [9.17, 15) is 22.8 Å². The molecule has 1 amide bonds. The Hall–Kier alpha value is -2.05. The summed E-state index contributed by atoms with van der Waals surface area (Å²) in [5, 5.41) is 0. The molecule has 7 heteroatoms. The molecule has 0 spiro atoms. The summed E-state index contributed by atoms with van der Waals surface area (Å²) >= 11 is 0. The second kappa shape index (κ2) is 7.23. The molecular formula is C17H20F3NO3. The number of likely N-dealkylation sites (tertiary alicyclic amines) is 1. The Kier molecular flexibility index (Phi) is 5.51. The van der Waals surface area contributed by atoms with Crippen LogP contribution in [0.2, 0.25) is 0 Å². The Morgan fingerprint density at radius 2 is 2.00 bits per heavy atom. The highest BCUT2D eigenvalue weighted by molar-refractivity contribution is 6.32. The molecule has 2 atom stereocenters. The fraction of sp³-hybridized carbons (Fsp3) is 0.529. The number of alkyl halides is 3. The van der Waals surface area contributed by atoms with Crippen molar-refractivity contribution in [3.05, 3.63) is 35.4 Å². The van der Waals surface area contributed by atoms with Gasteiger partial charge >= 0.3 is 18.1 Å². The minimum absolute atomic E-state index is 0.172. The largest absolute Gasteiger partial charge is 0.449 e. The standard InChI is InChI=1S/C17H20F3NO3/c1-11-4-3-5-13(8-11)14-7-6-12(2)9-21(14)15(22)16(23)24-10-17(18,19)20/h3-5,8,12,14H,6-7,9-10H2,1-2H3. The number of benzene rings is 1. The van der Waals surface area contributed by atoms with Gasteiger partial charge in [-0.15, -0.1) is 0 Å². The Morgan fingerprint density at radius 1 is 1.29 bits per heavy atom. The number of nitrogens with zero attached hydrogens (tertiary/aromatic N) is 1. The lowest BCUT2D eigenvalue weighted by Crippen LogP contribution is -2.45. The molecule has 1 saturated heterocycles. The number of carbonyl (C=O) groups is 2. The smallest absolute Gasteiger partial charge is 0.422 e. The number of halogens is 3. The molecule has 0 aliphatic carbocycles. The van der Waals surface area contributed by atoms with Crippen molar-refractivity contribution in [1.29, 1.82) is 0 Å². The molecular weight excluding hydrogens is 323 g/mol. The van der Waals surface area contributed by atoms with Crippen LogP contribution >= 0.6 is 0 Å². The zero-order valence-corrected chi connectivity index (χ0v) is 13.6. The lowest BCUT2D eigenvalue weighted by Gasteiger charge is -2.38.